The van der Waals surface area contributed by atoms with E-state index in [9.17, 15) is 4.79 Å². The van der Waals surface area contributed by atoms with Gasteiger partial charge in [-0.1, -0.05) is 6.58 Å². The summed E-state index contributed by atoms with van der Waals surface area (Å²) < 4.78 is 0.731. The Hall–Kier alpha value is -1.58. The number of hydrogen-bond acceptors (Lipinski definition) is 3. The van der Waals surface area contributed by atoms with Gasteiger partial charge in [0.1, 0.15) is 5.82 Å². The quantitative estimate of drug-likeness (QED) is 0.867. The average molecular weight is 296 g/mol. The van der Waals surface area contributed by atoms with Crippen LogP contribution in [-0.4, -0.2) is 29.4 Å². The Kier molecular flexibility index (Phi) is 4.94. The van der Waals surface area contributed by atoms with Crippen LogP contribution in [0.2, 0.25) is 0 Å². The molecule has 0 aliphatic heterocycles. The summed E-state index contributed by atoms with van der Waals surface area (Å²) in [6.07, 6.45) is 4.06. The molecule has 0 saturated heterocycles. The molecule has 0 spiro atoms. The molecule has 2 N–H and O–H groups in total. The lowest BCUT2D eigenvalue weighted by atomic mass is 10.2. The number of nitrogens with two attached hydrogens (primary N) is 1. The molecule has 90 valence electrons. The van der Waals surface area contributed by atoms with Crippen molar-refractivity contribution in [2.24, 2.45) is 0 Å². The second kappa shape index (κ2) is 6.23. The van der Waals surface area contributed by atoms with E-state index in [1.54, 1.807) is 30.3 Å². The highest BCUT2D eigenvalue weighted by atomic mass is 79.9. The van der Waals surface area contributed by atoms with E-state index >= 15 is 0 Å². The molecule has 0 bridgehead atoms. The van der Waals surface area contributed by atoms with Crippen LogP contribution in [0.5, 0.6) is 0 Å². The first-order chi connectivity index (χ1) is 8.06. The zero-order valence-electron chi connectivity index (χ0n) is 9.61. The van der Waals surface area contributed by atoms with E-state index in [1.165, 1.54) is 0 Å². The third kappa shape index (κ3) is 3.73. The molecule has 0 atom stereocenters. The SMILES string of the molecule is C=C=CCCN(C)C(=O)c1cc(Br)cnc1N. The molecule has 0 fully saturated rings. The van der Waals surface area contributed by atoms with Gasteiger partial charge in [0.15, 0.2) is 0 Å². The minimum Gasteiger partial charge on any atom is -0.383 e. The highest BCUT2D eigenvalue weighted by Crippen LogP contribution is 2.17. The summed E-state index contributed by atoms with van der Waals surface area (Å²) in [5.74, 6) is 0.0954. The number of carbonyl (C=O) groups is 1. The number of nitrogen functional groups attached to an aromatic ring is 1. The van der Waals surface area contributed by atoms with Crippen LogP contribution in [0, 0.1) is 0 Å². The lowest BCUT2D eigenvalue weighted by molar-refractivity contribution is 0.0798. The second-order valence-electron chi connectivity index (χ2n) is 3.51. The van der Waals surface area contributed by atoms with Crippen LogP contribution in [0.25, 0.3) is 0 Å². The van der Waals surface area contributed by atoms with Gasteiger partial charge in [0, 0.05) is 24.3 Å². The summed E-state index contributed by atoms with van der Waals surface area (Å²) in [7, 11) is 1.72. The Labute approximate surface area is 109 Å². The van der Waals surface area contributed by atoms with Gasteiger partial charge in [-0.25, -0.2) is 4.98 Å². The summed E-state index contributed by atoms with van der Waals surface area (Å²) in [4.78, 5) is 17.6. The molecule has 5 heteroatoms. The molecular formula is C12H14BrN3O. The van der Waals surface area contributed by atoms with Crippen molar-refractivity contribution < 1.29 is 4.79 Å². The first-order valence-corrected chi connectivity index (χ1v) is 5.86. The Bertz CT molecular complexity index is 467. The van der Waals surface area contributed by atoms with E-state index in [1.807, 2.05) is 0 Å². The van der Waals surface area contributed by atoms with Crippen molar-refractivity contribution in [2.75, 3.05) is 19.3 Å². The molecule has 1 heterocycles. The lowest BCUT2D eigenvalue weighted by Gasteiger charge is -2.16. The van der Waals surface area contributed by atoms with Gasteiger partial charge in [0.05, 0.1) is 5.56 Å². The minimum absolute atomic E-state index is 0.145. The number of hydrogen-bond donors (Lipinski definition) is 1. The van der Waals surface area contributed by atoms with Crippen molar-refractivity contribution in [2.45, 2.75) is 6.42 Å². The summed E-state index contributed by atoms with van der Waals surface area (Å²) in [6, 6.07) is 1.67. The standard InChI is InChI=1S/C12H14BrN3O/c1-3-4-5-6-16(2)12(17)10-7-9(13)8-15-11(10)14/h4,7-8H,1,5-6H2,2H3,(H2,14,15). The summed E-state index contributed by atoms with van der Waals surface area (Å²) in [6.45, 7) is 4.06. The Morgan fingerprint density at radius 3 is 3.12 bits per heavy atom. The Balaban J connectivity index is 2.81. The van der Waals surface area contributed by atoms with E-state index in [2.05, 4.69) is 33.2 Å². The molecule has 1 aromatic heterocycles. The number of amides is 1. The first-order valence-electron chi connectivity index (χ1n) is 5.07. The van der Waals surface area contributed by atoms with E-state index in [0.717, 1.165) is 4.47 Å². The van der Waals surface area contributed by atoms with Crippen LogP contribution in [0.15, 0.2) is 35.1 Å². The van der Waals surface area contributed by atoms with Crippen molar-refractivity contribution in [1.82, 2.24) is 9.88 Å². The summed E-state index contributed by atoms with van der Waals surface area (Å²) in [5, 5.41) is 0. The highest BCUT2D eigenvalue weighted by Gasteiger charge is 2.15. The number of carbonyl (C=O) groups excluding carboxylic acids is 1. The van der Waals surface area contributed by atoms with Crippen molar-refractivity contribution in [3.8, 4) is 0 Å². The van der Waals surface area contributed by atoms with Gasteiger partial charge in [0.25, 0.3) is 5.91 Å². The van der Waals surface area contributed by atoms with Crippen molar-refractivity contribution in [1.29, 1.82) is 0 Å². The highest BCUT2D eigenvalue weighted by molar-refractivity contribution is 9.10. The predicted molar refractivity (Wildman–Crippen MR) is 71.6 cm³/mol. The largest absolute Gasteiger partial charge is 0.383 e. The second-order valence-corrected chi connectivity index (χ2v) is 4.43. The third-order valence-electron chi connectivity index (χ3n) is 2.22. The third-order valence-corrected chi connectivity index (χ3v) is 2.65. The fraction of sp³-hybridized carbons (Fsp3) is 0.250. The van der Waals surface area contributed by atoms with Crippen LogP contribution in [0.1, 0.15) is 16.8 Å². The van der Waals surface area contributed by atoms with Crippen molar-refractivity contribution in [3.05, 3.63) is 40.7 Å². The molecule has 0 aliphatic rings. The number of nitrogens with zero attached hydrogens (tertiary/aromatic N) is 2. The van der Waals surface area contributed by atoms with Crippen LogP contribution < -0.4 is 5.73 Å². The molecule has 1 amide bonds. The molecule has 0 radical (unpaired) electrons. The number of pyridine rings is 1. The number of rotatable bonds is 4. The average Bonchev–Trinajstić information content (AvgIpc) is 2.31. The summed E-state index contributed by atoms with van der Waals surface area (Å²) in [5.41, 5.74) is 8.75. The Morgan fingerprint density at radius 2 is 2.47 bits per heavy atom. The van der Waals surface area contributed by atoms with Gasteiger partial charge in [-0.2, -0.15) is 0 Å². The van der Waals surface area contributed by atoms with Gasteiger partial charge in [-0.3, -0.25) is 4.79 Å². The molecule has 17 heavy (non-hydrogen) atoms. The summed E-state index contributed by atoms with van der Waals surface area (Å²) >= 11 is 3.26. The predicted octanol–water partition coefficient (Wildman–Crippen LogP) is 2.23. The van der Waals surface area contributed by atoms with Gasteiger partial charge < -0.3 is 10.6 Å². The molecular weight excluding hydrogens is 282 g/mol. The lowest BCUT2D eigenvalue weighted by Crippen LogP contribution is -2.28. The van der Waals surface area contributed by atoms with Crippen LogP contribution in [-0.2, 0) is 0 Å². The fourth-order valence-electron chi connectivity index (χ4n) is 1.29. The van der Waals surface area contributed by atoms with Gasteiger partial charge in [-0.05, 0) is 34.5 Å². The van der Waals surface area contributed by atoms with Crippen LogP contribution in [0.4, 0.5) is 5.82 Å². The maximum Gasteiger partial charge on any atom is 0.257 e. The van der Waals surface area contributed by atoms with Gasteiger partial charge >= 0.3 is 0 Å². The maximum absolute atomic E-state index is 12.0. The molecule has 0 saturated carbocycles. The number of aromatic nitrogens is 1. The Morgan fingerprint density at radius 1 is 1.76 bits per heavy atom. The van der Waals surface area contributed by atoms with E-state index < -0.39 is 0 Å². The van der Waals surface area contributed by atoms with Gasteiger partial charge in [-0.15, -0.1) is 5.73 Å². The zero-order valence-corrected chi connectivity index (χ0v) is 11.2. The van der Waals surface area contributed by atoms with E-state index in [0.29, 0.717) is 18.5 Å². The van der Waals surface area contributed by atoms with Crippen molar-refractivity contribution >= 4 is 27.7 Å². The smallest absolute Gasteiger partial charge is 0.257 e. The van der Waals surface area contributed by atoms with Gasteiger partial charge in [0.2, 0.25) is 0 Å². The molecule has 0 aromatic carbocycles. The fourth-order valence-corrected chi connectivity index (χ4v) is 1.62. The zero-order chi connectivity index (χ0) is 12.8. The minimum atomic E-state index is -0.145. The topological polar surface area (TPSA) is 59.2 Å². The van der Waals surface area contributed by atoms with Crippen LogP contribution >= 0.6 is 15.9 Å². The molecule has 1 aromatic rings. The normalized spacial score (nSPS) is 9.53. The van der Waals surface area contributed by atoms with E-state index in [4.69, 9.17) is 5.73 Å². The van der Waals surface area contributed by atoms with Crippen LogP contribution in [0.3, 0.4) is 0 Å². The molecule has 1 rings (SSSR count). The molecule has 4 nitrogen and oxygen atoms in total. The monoisotopic (exact) mass is 295 g/mol. The van der Waals surface area contributed by atoms with Crippen molar-refractivity contribution in [3.63, 3.8) is 0 Å². The van der Waals surface area contributed by atoms with E-state index in [-0.39, 0.29) is 11.7 Å². The number of halogens is 1. The maximum atomic E-state index is 12.0. The number of anilines is 1. The first kappa shape index (κ1) is 13.5. The molecule has 0 aliphatic carbocycles. The molecule has 0 unspecified atom stereocenters.